The summed E-state index contributed by atoms with van der Waals surface area (Å²) in [4.78, 5) is 16.0. The Balaban J connectivity index is 1.68. The van der Waals surface area contributed by atoms with Crippen LogP contribution >= 0.6 is 11.6 Å². The molecule has 3 aromatic rings. The molecule has 1 amide bonds. The molecule has 0 atom stereocenters. The maximum atomic E-state index is 13.1. The lowest BCUT2D eigenvalue weighted by atomic mass is 10.1. The van der Waals surface area contributed by atoms with E-state index in [9.17, 15) is 9.18 Å². The van der Waals surface area contributed by atoms with E-state index in [0.717, 1.165) is 5.56 Å². The zero-order valence-electron chi connectivity index (χ0n) is 11.9. The van der Waals surface area contributed by atoms with E-state index in [4.69, 9.17) is 11.6 Å². The van der Waals surface area contributed by atoms with Crippen molar-refractivity contribution < 1.29 is 9.18 Å². The summed E-state index contributed by atoms with van der Waals surface area (Å²) in [5, 5.41) is 6.66. The molecule has 1 N–H and O–H groups in total. The molecule has 2 aromatic carbocycles. The molecule has 0 bridgehead atoms. The molecule has 1 aromatic heterocycles. The first-order chi connectivity index (χ1) is 11.1. The van der Waals surface area contributed by atoms with Crippen LogP contribution in [-0.2, 0) is 6.54 Å². The fourth-order valence-electron chi connectivity index (χ4n) is 2.04. The Bertz CT molecular complexity index is 819. The lowest BCUT2D eigenvalue weighted by Crippen LogP contribution is -2.12. The molecule has 0 aliphatic rings. The molecule has 1 heterocycles. The van der Waals surface area contributed by atoms with Gasteiger partial charge >= 0.3 is 0 Å². The molecule has 7 heteroatoms. The predicted octanol–water partition coefficient (Wildman–Crippen LogP) is 3.37. The molecule has 116 valence electrons. The molecule has 0 spiro atoms. The van der Waals surface area contributed by atoms with Gasteiger partial charge in [-0.3, -0.25) is 4.79 Å². The fraction of sp³-hybridized carbons (Fsp3) is 0.0625. The van der Waals surface area contributed by atoms with Crippen LogP contribution in [0.15, 0.2) is 55.1 Å². The second kappa shape index (κ2) is 6.58. The third-order valence-electron chi connectivity index (χ3n) is 3.20. The molecular weight excluding hydrogens is 319 g/mol. The largest absolute Gasteiger partial charge is 0.322 e. The Morgan fingerprint density at radius 1 is 1.22 bits per heavy atom. The van der Waals surface area contributed by atoms with Gasteiger partial charge < -0.3 is 5.32 Å². The van der Waals surface area contributed by atoms with Crippen molar-refractivity contribution >= 4 is 23.2 Å². The minimum Gasteiger partial charge on any atom is -0.322 e. The predicted molar refractivity (Wildman–Crippen MR) is 84.9 cm³/mol. The number of halogens is 2. The SMILES string of the molecule is O=C(Nc1ccc(F)c(Cl)c1)c1ccc(Cn2cncn2)cc1. The second-order valence-electron chi connectivity index (χ2n) is 4.87. The first kappa shape index (κ1) is 15.2. The van der Waals surface area contributed by atoms with E-state index in [0.29, 0.717) is 17.8 Å². The van der Waals surface area contributed by atoms with Crippen LogP contribution < -0.4 is 5.32 Å². The Hall–Kier alpha value is -2.73. The van der Waals surface area contributed by atoms with Crippen LogP contribution in [0.5, 0.6) is 0 Å². The van der Waals surface area contributed by atoms with Crippen molar-refractivity contribution in [3.8, 4) is 0 Å². The molecule has 0 radical (unpaired) electrons. The third kappa shape index (κ3) is 3.73. The maximum absolute atomic E-state index is 13.1. The normalized spacial score (nSPS) is 10.5. The molecule has 3 rings (SSSR count). The average molecular weight is 331 g/mol. The highest BCUT2D eigenvalue weighted by Crippen LogP contribution is 2.20. The van der Waals surface area contributed by atoms with Crippen LogP contribution in [0.3, 0.4) is 0 Å². The van der Waals surface area contributed by atoms with Crippen molar-refractivity contribution in [2.45, 2.75) is 6.54 Å². The van der Waals surface area contributed by atoms with Gasteiger partial charge in [-0.1, -0.05) is 23.7 Å². The van der Waals surface area contributed by atoms with E-state index in [1.165, 1.54) is 24.5 Å². The number of benzene rings is 2. The van der Waals surface area contributed by atoms with Gasteiger partial charge in [0.1, 0.15) is 18.5 Å². The van der Waals surface area contributed by atoms with Gasteiger partial charge in [0.15, 0.2) is 0 Å². The number of nitrogens with one attached hydrogen (secondary N) is 1. The van der Waals surface area contributed by atoms with E-state index < -0.39 is 5.82 Å². The van der Waals surface area contributed by atoms with Gasteiger partial charge in [0, 0.05) is 11.3 Å². The number of rotatable bonds is 4. The number of aromatic nitrogens is 3. The highest BCUT2D eigenvalue weighted by molar-refractivity contribution is 6.31. The van der Waals surface area contributed by atoms with Crippen molar-refractivity contribution in [1.82, 2.24) is 14.8 Å². The van der Waals surface area contributed by atoms with Crippen LogP contribution in [0.4, 0.5) is 10.1 Å². The lowest BCUT2D eigenvalue weighted by Gasteiger charge is -2.07. The molecule has 0 aliphatic carbocycles. The highest BCUT2D eigenvalue weighted by atomic mass is 35.5. The van der Waals surface area contributed by atoms with Gasteiger partial charge in [0.05, 0.1) is 11.6 Å². The molecule has 0 saturated heterocycles. The summed E-state index contributed by atoms with van der Waals surface area (Å²) in [7, 11) is 0. The molecule has 0 unspecified atom stereocenters. The van der Waals surface area contributed by atoms with E-state index >= 15 is 0 Å². The standard InChI is InChI=1S/C16H12ClFN4O/c17-14-7-13(5-6-15(14)18)21-16(23)12-3-1-11(2-4-12)8-22-10-19-9-20-22/h1-7,9-10H,8H2,(H,21,23). The van der Waals surface area contributed by atoms with Gasteiger partial charge in [-0.15, -0.1) is 0 Å². The molecular formula is C16H12ClFN4O. The van der Waals surface area contributed by atoms with Crippen LogP contribution in [0.25, 0.3) is 0 Å². The molecule has 0 saturated carbocycles. The first-order valence-corrected chi connectivity index (χ1v) is 7.17. The lowest BCUT2D eigenvalue weighted by molar-refractivity contribution is 0.102. The minimum absolute atomic E-state index is 0.0361. The maximum Gasteiger partial charge on any atom is 0.255 e. The minimum atomic E-state index is -0.526. The van der Waals surface area contributed by atoms with Gasteiger partial charge in [-0.2, -0.15) is 5.10 Å². The quantitative estimate of drug-likeness (QED) is 0.798. The van der Waals surface area contributed by atoms with E-state index in [2.05, 4.69) is 15.4 Å². The number of carbonyl (C=O) groups is 1. The smallest absolute Gasteiger partial charge is 0.255 e. The summed E-state index contributed by atoms with van der Waals surface area (Å²) in [6.45, 7) is 0.579. The Labute approximate surface area is 136 Å². The van der Waals surface area contributed by atoms with Crippen LogP contribution in [-0.4, -0.2) is 20.7 Å². The van der Waals surface area contributed by atoms with Crippen molar-refractivity contribution in [1.29, 1.82) is 0 Å². The number of nitrogens with zero attached hydrogens (tertiary/aromatic N) is 3. The third-order valence-corrected chi connectivity index (χ3v) is 3.49. The topological polar surface area (TPSA) is 59.8 Å². The Morgan fingerprint density at radius 2 is 2.00 bits per heavy atom. The van der Waals surface area contributed by atoms with Gasteiger partial charge in [-0.05, 0) is 35.9 Å². The van der Waals surface area contributed by atoms with Crippen LogP contribution in [0.2, 0.25) is 5.02 Å². The second-order valence-corrected chi connectivity index (χ2v) is 5.28. The van der Waals surface area contributed by atoms with Crippen molar-refractivity contribution in [3.63, 3.8) is 0 Å². The summed E-state index contributed by atoms with van der Waals surface area (Å²) in [5.41, 5.74) is 1.93. The van der Waals surface area contributed by atoms with Gasteiger partial charge in [0.25, 0.3) is 5.91 Å². The summed E-state index contributed by atoms with van der Waals surface area (Å²) >= 11 is 5.69. The average Bonchev–Trinajstić information content (AvgIpc) is 3.04. The number of hydrogen-bond acceptors (Lipinski definition) is 3. The van der Waals surface area contributed by atoms with Crippen LogP contribution in [0, 0.1) is 5.82 Å². The zero-order chi connectivity index (χ0) is 16.2. The summed E-state index contributed by atoms with van der Waals surface area (Å²) in [6, 6.07) is 11.1. The van der Waals surface area contributed by atoms with Gasteiger partial charge in [-0.25, -0.2) is 14.1 Å². The zero-order valence-corrected chi connectivity index (χ0v) is 12.7. The highest BCUT2D eigenvalue weighted by Gasteiger charge is 2.08. The first-order valence-electron chi connectivity index (χ1n) is 6.79. The number of anilines is 1. The number of carbonyl (C=O) groups excluding carboxylic acids is 1. The van der Waals surface area contributed by atoms with Gasteiger partial charge in [0.2, 0.25) is 0 Å². The summed E-state index contributed by atoms with van der Waals surface area (Å²) in [6.07, 6.45) is 3.09. The molecule has 23 heavy (non-hydrogen) atoms. The number of amides is 1. The van der Waals surface area contributed by atoms with E-state index in [-0.39, 0.29) is 10.9 Å². The van der Waals surface area contributed by atoms with Crippen molar-refractivity contribution in [3.05, 3.63) is 77.1 Å². The van der Waals surface area contributed by atoms with Crippen LogP contribution in [0.1, 0.15) is 15.9 Å². The van der Waals surface area contributed by atoms with Crippen molar-refractivity contribution in [2.75, 3.05) is 5.32 Å². The molecule has 5 nitrogen and oxygen atoms in total. The summed E-state index contributed by atoms with van der Waals surface area (Å²) < 4.78 is 14.8. The van der Waals surface area contributed by atoms with E-state index in [1.807, 2.05) is 12.1 Å². The Kier molecular flexibility index (Phi) is 4.34. The Morgan fingerprint density at radius 3 is 2.65 bits per heavy atom. The number of hydrogen-bond donors (Lipinski definition) is 1. The molecule has 0 aliphatic heterocycles. The van der Waals surface area contributed by atoms with Crippen molar-refractivity contribution in [2.24, 2.45) is 0 Å². The fourth-order valence-corrected chi connectivity index (χ4v) is 2.22. The van der Waals surface area contributed by atoms with E-state index in [1.54, 1.807) is 23.1 Å². The monoisotopic (exact) mass is 330 g/mol. The molecule has 0 fully saturated rings. The summed E-state index contributed by atoms with van der Waals surface area (Å²) in [5.74, 6) is -0.817.